The van der Waals surface area contributed by atoms with E-state index < -0.39 is 12.1 Å². The second-order valence-electron chi connectivity index (χ2n) is 10.3. The number of likely N-dealkylation sites (N-methyl/N-ethyl adjacent to an activating group) is 1. The first-order valence-electron chi connectivity index (χ1n) is 13.5. The molecular weight excluding hydrogens is 536 g/mol. The summed E-state index contributed by atoms with van der Waals surface area (Å²) in [6.07, 6.45) is 0. The van der Waals surface area contributed by atoms with E-state index in [1.165, 1.54) is 0 Å². The second-order valence-corrected chi connectivity index (χ2v) is 10.3. The molecule has 2 atom stereocenters. The molecule has 0 spiro atoms. The van der Waals surface area contributed by atoms with Crippen molar-refractivity contribution in [2.45, 2.75) is 39.4 Å². The average Bonchev–Trinajstić information content (AvgIpc) is 3.08. The van der Waals surface area contributed by atoms with Crippen LogP contribution in [0.4, 0.5) is 11.4 Å². The maximum absolute atomic E-state index is 14.3. The molecule has 0 aromatic heterocycles. The number of anilines is 2. The lowest BCUT2D eigenvalue weighted by molar-refractivity contribution is -0.128. The molecule has 8 heteroatoms. The minimum absolute atomic E-state index is 0. The number of fused-ring (bicyclic) bond motifs is 2. The number of rotatable bonds is 6. The summed E-state index contributed by atoms with van der Waals surface area (Å²) in [6, 6.07) is 25.6. The van der Waals surface area contributed by atoms with Crippen molar-refractivity contribution in [3.8, 4) is 0 Å². The predicted molar refractivity (Wildman–Crippen MR) is 167 cm³/mol. The van der Waals surface area contributed by atoms with Crippen LogP contribution >= 0.6 is 12.4 Å². The Morgan fingerprint density at radius 3 is 2.27 bits per heavy atom. The Labute approximate surface area is 246 Å². The van der Waals surface area contributed by atoms with Gasteiger partial charge in [0.05, 0.1) is 30.5 Å². The van der Waals surface area contributed by atoms with E-state index >= 15 is 0 Å². The lowest BCUT2D eigenvalue weighted by Gasteiger charge is -2.27. The summed E-state index contributed by atoms with van der Waals surface area (Å²) >= 11 is 0. The van der Waals surface area contributed by atoms with Crippen LogP contribution < -0.4 is 20.4 Å². The van der Waals surface area contributed by atoms with Crippen molar-refractivity contribution in [3.63, 3.8) is 0 Å². The first-order chi connectivity index (χ1) is 19.3. The van der Waals surface area contributed by atoms with Crippen LogP contribution in [0.5, 0.6) is 0 Å². The number of amides is 3. The molecule has 1 heterocycles. The van der Waals surface area contributed by atoms with Gasteiger partial charge in [-0.3, -0.25) is 14.4 Å². The van der Waals surface area contributed by atoms with Crippen LogP contribution in [0.15, 0.2) is 84.9 Å². The second kappa shape index (κ2) is 12.5. The molecule has 212 valence electrons. The largest absolute Gasteiger partial charge is 0.341 e. The van der Waals surface area contributed by atoms with Gasteiger partial charge in [0.25, 0.3) is 11.8 Å². The molecule has 0 fully saturated rings. The van der Waals surface area contributed by atoms with Crippen molar-refractivity contribution in [2.24, 2.45) is 0 Å². The van der Waals surface area contributed by atoms with E-state index in [0.717, 1.165) is 27.5 Å². The number of para-hydroxylation sites is 2. The highest BCUT2D eigenvalue weighted by atomic mass is 35.5. The van der Waals surface area contributed by atoms with Crippen molar-refractivity contribution >= 4 is 52.3 Å². The lowest BCUT2D eigenvalue weighted by atomic mass is 9.99. The van der Waals surface area contributed by atoms with Gasteiger partial charge in [0.15, 0.2) is 0 Å². The predicted octanol–water partition coefficient (Wildman–Crippen LogP) is 5.16. The first-order valence-corrected chi connectivity index (χ1v) is 13.5. The molecule has 5 rings (SSSR count). The fourth-order valence-corrected chi connectivity index (χ4v) is 5.14. The van der Waals surface area contributed by atoms with E-state index in [1.54, 1.807) is 35.9 Å². The van der Waals surface area contributed by atoms with Crippen molar-refractivity contribution in [1.82, 2.24) is 10.6 Å². The Morgan fingerprint density at radius 1 is 0.902 bits per heavy atom. The number of benzene rings is 4. The molecule has 0 saturated carbocycles. The Morgan fingerprint density at radius 2 is 1.56 bits per heavy atom. The normalized spacial score (nSPS) is 15.5. The van der Waals surface area contributed by atoms with Crippen LogP contribution in [-0.2, 0) is 16.1 Å². The zero-order valence-corrected chi connectivity index (χ0v) is 24.5. The van der Waals surface area contributed by atoms with Crippen LogP contribution in [-0.4, -0.2) is 43.4 Å². The topological polar surface area (TPSA) is 81.8 Å². The number of nitrogens with zero attached hydrogens (tertiary/aromatic N) is 2. The molecule has 3 amide bonds. The molecule has 4 aromatic rings. The quantitative estimate of drug-likeness (QED) is 0.335. The molecule has 2 N–H and O–H groups in total. The minimum Gasteiger partial charge on any atom is -0.341 e. The molecule has 0 saturated heterocycles. The monoisotopic (exact) mass is 570 g/mol. The van der Waals surface area contributed by atoms with E-state index in [2.05, 4.69) is 34.9 Å². The summed E-state index contributed by atoms with van der Waals surface area (Å²) < 4.78 is 0. The lowest BCUT2D eigenvalue weighted by Crippen LogP contribution is -2.55. The summed E-state index contributed by atoms with van der Waals surface area (Å²) in [5.41, 5.74) is 4.89. The SMILES string of the molecule is CNC(C)C(=O)NC1CN(C(=O)c2ccc(C)cc2)c2ccccc2N(Cc2c(C)ccc3ccccc23)C1=O.Cl. The summed E-state index contributed by atoms with van der Waals surface area (Å²) in [4.78, 5) is 44.6. The van der Waals surface area contributed by atoms with E-state index in [1.807, 2.05) is 62.4 Å². The number of halogens is 1. The van der Waals surface area contributed by atoms with Gasteiger partial charge in [-0.15, -0.1) is 12.4 Å². The summed E-state index contributed by atoms with van der Waals surface area (Å²) in [6.45, 7) is 6.05. The van der Waals surface area contributed by atoms with Crippen LogP contribution in [0.2, 0.25) is 0 Å². The third-order valence-corrected chi connectivity index (χ3v) is 7.67. The van der Waals surface area contributed by atoms with Crippen molar-refractivity contribution in [1.29, 1.82) is 0 Å². The van der Waals surface area contributed by atoms with Crippen LogP contribution in [0.1, 0.15) is 34.0 Å². The van der Waals surface area contributed by atoms with Gasteiger partial charge in [0.1, 0.15) is 6.04 Å². The number of carbonyl (C=O) groups is 3. The van der Waals surface area contributed by atoms with Crippen LogP contribution in [0.3, 0.4) is 0 Å². The van der Waals surface area contributed by atoms with Gasteiger partial charge in [-0.2, -0.15) is 0 Å². The molecule has 2 unspecified atom stereocenters. The Bertz CT molecular complexity index is 1590. The van der Waals surface area contributed by atoms with Gasteiger partial charge in [0.2, 0.25) is 5.91 Å². The Hall–Kier alpha value is -4.20. The van der Waals surface area contributed by atoms with Gasteiger partial charge < -0.3 is 20.4 Å². The molecule has 1 aliphatic rings. The highest BCUT2D eigenvalue weighted by molar-refractivity contribution is 6.13. The third kappa shape index (κ3) is 5.97. The molecule has 0 aliphatic carbocycles. The number of aryl methyl sites for hydroxylation is 2. The van der Waals surface area contributed by atoms with Gasteiger partial charge in [-0.25, -0.2) is 0 Å². The van der Waals surface area contributed by atoms with Crippen molar-refractivity contribution in [3.05, 3.63) is 107 Å². The van der Waals surface area contributed by atoms with Gasteiger partial charge in [0, 0.05) is 5.56 Å². The highest BCUT2D eigenvalue weighted by Crippen LogP contribution is 2.36. The maximum atomic E-state index is 14.3. The molecule has 7 nitrogen and oxygen atoms in total. The van der Waals surface area contributed by atoms with Gasteiger partial charge in [-0.1, -0.05) is 66.2 Å². The summed E-state index contributed by atoms with van der Waals surface area (Å²) in [5.74, 6) is -0.809. The van der Waals surface area contributed by atoms with E-state index in [4.69, 9.17) is 0 Å². The van der Waals surface area contributed by atoms with E-state index in [0.29, 0.717) is 23.5 Å². The zero-order chi connectivity index (χ0) is 28.4. The fourth-order valence-electron chi connectivity index (χ4n) is 5.14. The molecule has 0 radical (unpaired) electrons. The fraction of sp³-hybridized carbons (Fsp3) is 0.242. The molecule has 41 heavy (non-hydrogen) atoms. The standard InChI is InChI=1S/C33H34N4O3.ClH/c1-21-13-16-25(17-14-21)32(39)37-20-28(35-31(38)23(3)34-4)33(40)36(29-11-7-8-12-30(29)37)19-27-22(2)15-18-24-9-5-6-10-26(24)27;/h5-18,23,28,34H,19-20H2,1-4H3,(H,35,38);1H. The first kappa shape index (κ1) is 29.8. The smallest absolute Gasteiger partial charge is 0.258 e. The summed E-state index contributed by atoms with van der Waals surface area (Å²) in [5, 5.41) is 8.00. The Balaban J connectivity index is 0.00000387. The van der Waals surface area contributed by atoms with E-state index in [9.17, 15) is 14.4 Å². The summed E-state index contributed by atoms with van der Waals surface area (Å²) in [7, 11) is 1.69. The maximum Gasteiger partial charge on any atom is 0.258 e. The molecular formula is C33H35ClN4O3. The van der Waals surface area contributed by atoms with Crippen LogP contribution in [0.25, 0.3) is 10.8 Å². The number of nitrogens with one attached hydrogen (secondary N) is 2. The average molecular weight is 571 g/mol. The van der Waals surface area contributed by atoms with E-state index in [-0.39, 0.29) is 36.7 Å². The Kier molecular flexibility index (Phi) is 9.11. The molecule has 0 bridgehead atoms. The molecule has 4 aromatic carbocycles. The number of carbonyl (C=O) groups excluding carboxylic acids is 3. The zero-order valence-electron chi connectivity index (χ0n) is 23.7. The minimum atomic E-state index is -0.944. The van der Waals surface area contributed by atoms with Crippen LogP contribution in [0, 0.1) is 13.8 Å². The van der Waals surface area contributed by atoms with Crippen molar-refractivity contribution in [2.75, 3.05) is 23.4 Å². The highest BCUT2D eigenvalue weighted by Gasteiger charge is 2.37. The van der Waals surface area contributed by atoms with Crippen molar-refractivity contribution < 1.29 is 14.4 Å². The van der Waals surface area contributed by atoms with Gasteiger partial charge >= 0.3 is 0 Å². The number of hydrogen-bond donors (Lipinski definition) is 2. The third-order valence-electron chi connectivity index (χ3n) is 7.67. The molecule has 1 aliphatic heterocycles. The number of hydrogen-bond acceptors (Lipinski definition) is 4. The van der Waals surface area contributed by atoms with Gasteiger partial charge in [-0.05, 0) is 74.0 Å².